The van der Waals surface area contributed by atoms with Crippen molar-refractivity contribution in [1.29, 1.82) is 0 Å². The number of hydrogen-bond acceptors (Lipinski definition) is 4. The summed E-state index contributed by atoms with van der Waals surface area (Å²) in [6.07, 6.45) is -1.03. The largest absolute Gasteiger partial charge is 0.416 e. The van der Waals surface area contributed by atoms with Gasteiger partial charge in [-0.1, -0.05) is 11.9 Å². The Morgan fingerprint density at radius 1 is 1.17 bits per heavy atom. The molecule has 3 rings (SSSR count). The number of anilines is 1. The number of pyridine rings is 1. The molecule has 0 saturated carbocycles. The number of rotatable bonds is 3. The van der Waals surface area contributed by atoms with Crippen LogP contribution in [0.1, 0.15) is 11.3 Å². The zero-order valence-corrected chi connectivity index (χ0v) is 13.1. The van der Waals surface area contributed by atoms with Gasteiger partial charge in [0.25, 0.3) is 0 Å². The van der Waals surface area contributed by atoms with Gasteiger partial charge in [0.15, 0.2) is 0 Å². The number of nitrogens with one attached hydrogen (secondary N) is 2. The van der Waals surface area contributed by atoms with Crippen molar-refractivity contribution < 1.29 is 13.2 Å². The van der Waals surface area contributed by atoms with Crippen molar-refractivity contribution in [3.8, 4) is 11.1 Å². The SMILES string of the molecule is CSNc1ccc(-c2cc(C(F)(F)F)cc3[nH]ncc23)c(C)n1. The van der Waals surface area contributed by atoms with E-state index in [0.717, 1.165) is 12.1 Å². The van der Waals surface area contributed by atoms with E-state index in [2.05, 4.69) is 19.9 Å². The average Bonchev–Trinajstić information content (AvgIpc) is 2.94. The van der Waals surface area contributed by atoms with Crippen molar-refractivity contribution in [1.82, 2.24) is 15.2 Å². The molecule has 2 heterocycles. The van der Waals surface area contributed by atoms with Crippen LogP contribution in [0.3, 0.4) is 0 Å². The van der Waals surface area contributed by atoms with Gasteiger partial charge in [0, 0.05) is 22.9 Å². The fraction of sp³-hybridized carbons (Fsp3) is 0.200. The van der Waals surface area contributed by atoms with Crippen molar-refractivity contribution in [3.05, 3.63) is 41.7 Å². The number of aromatic nitrogens is 3. The number of benzene rings is 1. The topological polar surface area (TPSA) is 53.6 Å². The summed E-state index contributed by atoms with van der Waals surface area (Å²) in [4.78, 5) is 4.38. The molecular weight excluding hydrogens is 325 g/mol. The number of alkyl halides is 3. The normalized spacial score (nSPS) is 11.9. The van der Waals surface area contributed by atoms with Gasteiger partial charge in [-0.25, -0.2) is 4.98 Å². The molecule has 0 radical (unpaired) electrons. The van der Waals surface area contributed by atoms with Crippen LogP contribution in [0.4, 0.5) is 19.0 Å². The van der Waals surface area contributed by atoms with Crippen LogP contribution in [0.5, 0.6) is 0 Å². The first kappa shape index (κ1) is 15.7. The van der Waals surface area contributed by atoms with Crippen molar-refractivity contribution in [2.45, 2.75) is 13.1 Å². The zero-order valence-electron chi connectivity index (χ0n) is 12.3. The van der Waals surface area contributed by atoms with E-state index in [1.165, 1.54) is 18.1 Å². The lowest BCUT2D eigenvalue weighted by atomic mass is 9.98. The molecule has 3 aromatic rings. The molecule has 0 aliphatic rings. The molecule has 0 bridgehead atoms. The Hall–Kier alpha value is -2.22. The Morgan fingerprint density at radius 2 is 1.96 bits per heavy atom. The minimum atomic E-state index is -4.42. The van der Waals surface area contributed by atoms with Gasteiger partial charge < -0.3 is 4.72 Å². The number of hydrogen-bond donors (Lipinski definition) is 2. The first-order chi connectivity index (χ1) is 10.9. The van der Waals surface area contributed by atoms with Crippen LogP contribution in [0.25, 0.3) is 22.0 Å². The highest BCUT2D eigenvalue weighted by molar-refractivity contribution is 7.99. The summed E-state index contributed by atoms with van der Waals surface area (Å²) >= 11 is 1.40. The van der Waals surface area contributed by atoms with E-state index in [-0.39, 0.29) is 0 Å². The molecule has 0 atom stereocenters. The zero-order chi connectivity index (χ0) is 16.6. The third-order valence-electron chi connectivity index (χ3n) is 3.47. The standard InChI is InChI=1S/C15H13F3N4S/c1-8-10(3-4-14(20-8)22-23-2)11-5-9(15(16,17)18)6-13-12(11)7-19-21-13/h3-7H,1-2H3,(H,19,21)(H,20,22). The number of aromatic amines is 1. The summed E-state index contributed by atoms with van der Waals surface area (Å²) in [7, 11) is 0. The summed E-state index contributed by atoms with van der Waals surface area (Å²) in [6, 6.07) is 5.72. The monoisotopic (exact) mass is 338 g/mol. The maximum Gasteiger partial charge on any atom is 0.416 e. The highest BCUT2D eigenvalue weighted by Crippen LogP contribution is 2.37. The lowest BCUT2D eigenvalue weighted by Crippen LogP contribution is -2.05. The van der Waals surface area contributed by atoms with Crippen LogP contribution in [-0.2, 0) is 6.18 Å². The molecule has 0 aliphatic carbocycles. The first-order valence-corrected chi connectivity index (χ1v) is 7.94. The Kier molecular flexibility index (Phi) is 3.93. The van der Waals surface area contributed by atoms with Crippen LogP contribution in [0, 0.1) is 6.92 Å². The van der Waals surface area contributed by atoms with Gasteiger partial charge in [0.2, 0.25) is 0 Å². The quantitative estimate of drug-likeness (QED) is 0.683. The molecule has 0 unspecified atom stereocenters. The van der Waals surface area contributed by atoms with Crippen LogP contribution < -0.4 is 4.72 Å². The molecule has 0 saturated heterocycles. The van der Waals surface area contributed by atoms with Gasteiger partial charge >= 0.3 is 6.18 Å². The summed E-state index contributed by atoms with van der Waals surface area (Å²) in [5, 5.41) is 7.10. The predicted octanol–water partition coefficient (Wildman–Crippen LogP) is 4.64. The number of nitrogens with zero attached hydrogens (tertiary/aromatic N) is 2. The molecule has 120 valence electrons. The Morgan fingerprint density at radius 3 is 2.61 bits per heavy atom. The van der Waals surface area contributed by atoms with Gasteiger partial charge in [0.05, 0.1) is 17.3 Å². The summed E-state index contributed by atoms with van der Waals surface area (Å²) in [5.41, 5.74) is 1.39. The number of aryl methyl sites for hydroxylation is 1. The van der Waals surface area contributed by atoms with Crippen LogP contribution >= 0.6 is 11.9 Å². The van der Waals surface area contributed by atoms with Crippen LogP contribution in [0.2, 0.25) is 0 Å². The third kappa shape index (κ3) is 2.98. The minimum Gasteiger partial charge on any atom is -0.315 e. The van der Waals surface area contributed by atoms with E-state index in [4.69, 9.17) is 0 Å². The second kappa shape index (κ2) is 5.77. The molecule has 23 heavy (non-hydrogen) atoms. The van der Waals surface area contributed by atoms with E-state index in [9.17, 15) is 13.2 Å². The highest BCUT2D eigenvalue weighted by Gasteiger charge is 2.32. The van der Waals surface area contributed by atoms with Crippen molar-refractivity contribution in [2.75, 3.05) is 11.0 Å². The fourth-order valence-electron chi connectivity index (χ4n) is 2.44. The number of fused-ring (bicyclic) bond motifs is 1. The molecule has 0 aliphatic heterocycles. The van der Waals surface area contributed by atoms with E-state index < -0.39 is 11.7 Å². The Balaban J connectivity index is 2.21. The predicted molar refractivity (Wildman–Crippen MR) is 86.2 cm³/mol. The molecule has 2 aromatic heterocycles. The van der Waals surface area contributed by atoms with Gasteiger partial charge in [-0.15, -0.1) is 0 Å². The van der Waals surface area contributed by atoms with E-state index in [1.54, 1.807) is 19.1 Å². The fourth-order valence-corrected chi connectivity index (χ4v) is 2.77. The Bertz CT molecular complexity index is 858. The molecule has 0 fully saturated rings. The molecule has 0 spiro atoms. The van der Waals surface area contributed by atoms with Crippen molar-refractivity contribution in [3.63, 3.8) is 0 Å². The molecule has 8 heteroatoms. The summed E-state index contributed by atoms with van der Waals surface area (Å²) in [5.74, 6) is 0.661. The van der Waals surface area contributed by atoms with Crippen LogP contribution in [-0.4, -0.2) is 21.4 Å². The molecule has 4 nitrogen and oxygen atoms in total. The molecule has 1 aromatic carbocycles. The average molecular weight is 338 g/mol. The Labute approximate surface area is 134 Å². The van der Waals surface area contributed by atoms with Crippen molar-refractivity contribution in [2.24, 2.45) is 0 Å². The lowest BCUT2D eigenvalue weighted by molar-refractivity contribution is -0.137. The number of H-pyrrole nitrogens is 1. The van der Waals surface area contributed by atoms with Crippen molar-refractivity contribution >= 4 is 28.7 Å². The second-order valence-corrected chi connectivity index (χ2v) is 5.60. The molecule has 2 N–H and O–H groups in total. The number of halogens is 3. The van der Waals surface area contributed by atoms with Gasteiger partial charge in [-0.3, -0.25) is 5.10 Å². The highest BCUT2D eigenvalue weighted by atomic mass is 32.2. The first-order valence-electron chi connectivity index (χ1n) is 6.71. The maximum absolute atomic E-state index is 13.1. The van der Waals surface area contributed by atoms with E-state index >= 15 is 0 Å². The van der Waals surface area contributed by atoms with Crippen LogP contribution in [0.15, 0.2) is 30.5 Å². The molecule has 0 amide bonds. The second-order valence-electron chi connectivity index (χ2n) is 4.99. The summed E-state index contributed by atoms with van der Waals surface area (Å²) in [6.45, 7) is 1.77. The smallest absolute Gasteiger partial charge is 0.315 e. The lowest BCUT2D eigenvalue weighted by Gasteiger charge is -2.13. The maximum atomic E-state index is 13.1. The summed E-state index contributed by atoms with van der Waals surface area (Å²) < 4.78 is 42.4. The van der Waals surface area contributed by atoms with E-state index in [1.807, 2.05) is 6.26 Å². The van der Waals surface area contributed by atoms with Gasteiger partial charge in [0.1, 0.15) is 5.82 Å². The third-order valence-corrected chi connectivity index (χ3v) is 3.88. The van der Waals surface area contributed by atoms with Gasteiger partial charge in [-0.2, -0.15) is 18.3 Å². The van der Waals surface area contributed by atoms with Gasteiger partial charge in [-0.05, 0) is 36.8 Å². The van der Waals surface area contributed by atoms with E-state index in [0.29, 0.717) is 33.5 Å². The molecular formula is C15H13F3N4S. The minimum absolute atomic E-state index is 0.348.